The van der Waals surface area contributed by atoms with Gasteiger partial charge in [0.05, 0.1) is 43.5 Å². The van der Waals surface area contributed by atoms with Gasteiger partial charge in [-0.15, -0.1) is 0 Å². The first-order chi connectivity index (χ1) is 17.2. The highest BCUT2D eigenvalue weighted by Crippen LogP contribution is 2.48. The van der Waals surface area contributed by atoms with Crippen LogP contribution in [0.25, 0.3) is 5.76 Å². The molecule has 1 heterocycles. The Balaban J connectivity index is 2.00. The molecule has 0 aliphatic carbocycles. The number of benzene rings is 3. The summed E-state index contributed by atoms with van der Waals surface area (Å²) in [5.41, 5.74) is 1.94. The third kappa shape index (κ3) is 4.25. The van der Waals surface area contributed by atoms with E-state index in [0.29, 0.717) is 17.0 Å². The zero-order valence-electron chi connectivity index (χ0n) is 20.0. The van der Waals surface area contributed by atoms with Crippen molar-refractivity contribution in [1.82, 2.24) is 0 Å². The molecule has 0 saturated carbocycles. The minimum absolute atomic E-state index is 0.0190. The zero-order valence-corrected chi connectivity index (χ0v) is 21.5. The second kappa shape index (κ2) is 10.1. The number of aliphatic hydroxyl groups excluding tert-OH is 1. The average molecular weight is 528 g/mol. The van der Waals surface area contributed by atoms with Crippen LogP contribution in [0.1, 0.15) is 22.7 Å². The number of halogens is 2. The van der Waals surface area contributed by atoms with Crippen LogP contribution in [0.15, 0.2) is 60.2 Å². The first kappa shape index (κ1) is 25.4. The van der Waals surface area contributed by atoms with Gasteiger partial charge < -0.3 is 19.3 Å². The Morgan fingerprint density at radius 3 is 2.17 bits per heavy atom. The molecule has 7 nitrogen and oxygen atoms in total. The monoisotopic (exact) mass is 527 g/mol. The van der Waals surface area contributed by atoms with Crippen molar-refractivity contribution in [1.29, 1.82) is 0 Å². The molecule has 1 atom stereocenters. The molecular formula is C27H23Cl2NO6. The molecule has 1 fully saturated rings. The molecule has 0 bridgehead atoms. The maximum absolute atomic E-state index is 13.4. The van der Waals surface area contributed by atoms with Crippen LogP contribution in [0, 0.1) is 6.92 Å². The molecule has 186 valence electrons. The molecule has 36 heavy (non-hydrogen) atoms. The fourth-order valence-electron chi connectivity index (χ4n) is 4.29. The van der Waals surface area contributed by atoms with E-state index in [1.54, 1.807) is 30.3 Å². The van der Waals surface area contributed by atoms with E-state index >= 15 is 0 Å². The van der Waals surface area contributed by atoms with E-state index in [-0.39, 0.29) is 32.7 Å². The largest absolute Gasteiger partial charge is 0.507 e. The second-order valence-electron chi connectivity index (χ2n) is 8.07. The topological polar surface area (TPSA) is 85.3 Å². The quantitative estimate of drug-likeness (QED) is 0.242. The van der Waals surface area contributed by atoms with Gasteiger partial charge in [-0.3, -0.25) is 14.5 Å². The van der Waals surface area contributed by atoms with Crippen molar-refractivity contribution in [3.63, 3.8) is 0 Å². The summed E-state index contributed by atoms with van der Waals surface area (Å²) in [4.78, 5) is 28.1. The molecule has 4 rings (SSSR count). The highest BCUT2D eigenvalue weighted by Gasteiger charge is 2.47. The van der Waals surface area contributed by atoms with Gasteiger partial charge in [0.1, 0.15) is 16.5 Å². The number of ketones is 1. The number of aliphatic hydroxyl groups is 1. The number of carbonyl (C=O) groups is 2. The van der Waals surface area contributed by atoms with Gasteiger partial charge in [-0.1, -0.05) is 53.0 Å². The lowest BCUT2D eigenvalue weighted by Gasteiger charge is -2.26. The summed E-state index contributed by atoms with van der Waals surface area (Å²) >= 11 is 12.8. The number of methoxy groups -OCH3 is 3. The van der Waals surface area contributed by atoms with Crippen LogP contribution in [0.3, 0.4) is 0 Å². The Kier molecular flexibility index (Phi) is 7.15. The number of carbonyl (C=O) groups excluding carboxylic acids is 2. The summed E-state index contributed by atoms with van der Waals surface area (Å²) in [6, 6.07) is 14.5. The lowest BCUT2D eigenvalue weighted by Crippen LogP contribution is -2.29. The minimum Gasteiger partial charge on any atom is -0.507 e. The second-order valence-corrected chi connectivity index (χ2v) is 8.85. The number of Topliss-reactive ketones (excluding diaryl/α,β-unsaturated/α-hetero) is 1. The molecule has 1 unspecified atom stereocenters. The lowest BCUT2D eigenvalue weighted by molar-refractivity contribution is -0.132. The maximum atomic E-state index is 13.4. The van der Waals surface area contributed by atoms with E-state index in [2.05, 4.69) is 0 Å². The fraction of sp³-hybridized carbons (Fsp3) is 0.185. The zero-order chi connectivity index (χ0) is 26.1. The van der Waals surface area contributed by atoms with Crippen LogP contribution < -0.4 is 19.1 Å². The lowest BCUT2D eigenvalue weighted by atomic mass is 9.94. The number of aryl methyl sites for hydroxylation is 1. The van der Waals surface area contributed by atoms with Crippen molar-refractivity contribution in [2.45, 2.75) is 13.0 Å². The van der Waals surface area contributed by atoms with Gasteiger partial charge in [0.25, 0.3) is 11.7 Å². The van der Waals surface area contributed by atoms with E-state index in [9.17, 15) is 14.7 Å². The number of hydrogen-bond donors (Lipinski definition) is 1. The average Bonchev–Trinajstić information content (AvgIpc) is 3.14. The molecule has 0 aromatic heterocycles. The molecule has 1 aliphatic heterocycles. The Labute approximate surface area is 218 Å². The molecule has 1 amide bonds. The van der Waals surface area contributed by atoms with Crippen LogP contribution in [-0.2, 0) is 9.59 Å². The summed E-state index contributed by atoms with van der Waals surface area (Å²) in [6.07, 6.45) is 0. The smallest absolute Gasteiger partial charge is 0.300 e. The summed E-state index contributed by atoms with van der Waals surface area (Å²) in [6.45, 7) is 1.90. The van der Waals surface area contributed by atoms with Gasteiger partial charge in [-0.2, -0.15) is 0 Å². The summed E-state index contributed by atoms with van der Waals surface area (Å²) in [5.74, 6) is -1.33. The predicted molar refractivity (Wildman–Crippen MR) is 139 cm³/mol. The van der Waals surface area contributed by atoms with E-state index in [1.807, 2.05) is 25.1 Å². The van der Waals surface area contributed by atoms with Gasteiger partial charge in [0.15, 0.2) is 11.5 Å². The number of hydrogen-bond acceptors (Lipinski definition) is 6. The summed E-state index contributed by atoms with van der Waals surface area (Å²) in [5, 5.41) is 11.6. The van der Waals surface area contributed by atoms with Crippen LogP contribution in [0.2, 0.25) is 10.0 Å². The highest BCUT2D eigenvalue weighted by atomic mass is 35.5. The molecule has 3 aromatic carbocycles. The SMILES string of the molecule is COc1ccc(N2C(=O)C(=O)/C(=C(/O)c3cc(Cl)c(OC)c(Cl)c3OC)C2c2cccc(C)c2)cc1. The van der Waals surface area contributed by atoms with Crippen molar-refractivity contribution in [2.24, 2.45) is 0 Å². The number of nitrogens with zero attached hydrogens (tertiary/aromatic N) is 1. The van der Waals surface area contributed by atoms with Crippen LogP contribution in [-0.4, -0.2) is 38.1 Å². The fourth-order valence-corrected chi connectivity index (χ4v) is 4.98. The van der Waals surface area contributed by atoms with E-state index in [4.69, 9.17) is 37.4 Å². The Morgan fingerprint density at radius 1 is 0.917 bits per heavy atom. The molecule has 3 aromatic rings. The number of anilines is 1. The van der Waals surface area contributed by atoms with E-state index in [1.165, 1.54) is 32.3 Å². The standard InChI is InChI=1S/C27H23Cl2NO6/c1-14-6-5-7-15(12-14)22-20(23(31)18-13-19(28)26(36-4)21(29)25(18)35-3)24(32)27(33)30(22)16-8-10-17(34-2)11-9-16/h5-13,22,31H,1-4H3/b23-20+. The number of rotatable bonds is 6. The molecule has 1 N–H and O–H groups in total. The van der Waals surface area contributed by atoms with Gasteiger partial charge in [-0.25, -0.2) is 0 Å². The van der Waals surface area contributed by atoms with Crippen LogP contribution in [0.4, 0.5) is 5.69 Å². The van der Waals surface area contributed by atoms with Gasteiger partial charge in [-0.05, 0) is 42.8 Å². The van der Waals surface area contributed by atoms with Crippen molar-refractivity contribution in [3.05, 3.63) is 86.9 Å². The summed E-state index contributed by atoms with van der Waals surface area (Å²) in [7, 11) is 4.29. The van der Waals surface area contributed by atoms with Crippen molar-refractivity contribution in [2.75, 3.05) is 26.2 Å². The third-order valence-corrected chi connectivity index (χ3v) is 6.57. The van der Waals surface area contributed by atoms with Crippen molar-refractivity contribution < 1.29 is 28.9 Å². The molecule has 0 radical (unpaired) electrons. The highest BCUT2D eigenvalue weighted by molar-refractivity contribution is 6.52. The first-order valence-corrected chi connectivity index (χ1v) is 11.6. The molecule has 9 heteroatoms. The first-order valence-electron chi connectivity index (χ1n) is 10.8. The van der Waals surface area contributed by atoms with Crippen LogP contribution in [0.5, 0.6) is 17.2 Å². The Hall–Kier alpha value is -3.68. The van der Waals surface area contributed by atoms with Gasteiger partial charge in [0.2, 0.25) is 0 Å². The predicted octanol–water partition coefficient (Wildman–Crippen LogP) is 5.95. The molecule has 1 aliphatic rings. The minimum atomic E-state index is -0.928. The summed E-state index contributed by atoms with van der Waals surface area (Å²) < 4.78 is 15.9. The van der Waals surface area contributed by atoms with Gasteiger partial charge in [0, 0.05) is 5.69 Å². The van der Waals surface area contributed by atoms with Crippen LogP contribution >= 0.6 is 23.2 Å². The number of ether oxygens (including phenoxy) is 3. The van der Waals surface area contributed by atoms with Crippen molar-refractivity contribution in [3.8, 4) is 17.2 Å². The van der Waals surface area contributed by atoms with E-state index in [0.717, 1.165) is 5.56 Å². The Morgan fingerprint density at radius 2 is 1.58 bits per heavy atom. The molecule has 0 spiro atoms. The molecule has 1 saturated heterocycles. The van der Waals surface area contributed by atoms with E-state index < -0.39 is 23.5 Å². The maximum Gasteiger partial charge on any atom is 0.300 e. The number of amides is 1. The van der Waals surface area contributed by atoms with Crippen molar-refractivity contribution >= 4 is 46.3 Å². The van der Waals surface area contributed by atoms with Gasteiger partial charge >= 0.3 is 0 Å². The third-order valence-electron chi connectivity index (χ3n) is 5.95. The Bertz CT molecular complexity index is 1380. The normalized spacial score (nSPS) is 16.8. The molecular weight excluding hydrogens is 505 g/mol.